The number of aliphatic hydroxyl groups excluding tert-OH is 5. The Hall–Kier alpha value is -0.280. The lowest BCUT2D eigenvalue weighted by Gasteiger charge is -2.42. The van der Waals surface area contributed by atoms with Crippen molar-refractivity contribution in [2.45, 2.75) is 50.2 Å². The third-order valence-electron chi connectivity index (χ3n) is 2.66. The van der Waals surface area contributed by atoms with Gasteiger partial charge in [0.05, 0.1) is 18.8 Å². The van der Waals surface area contributed by atoms with Gasteiger partial charge in [-0.1, -0.05) is 0 Å². The van der Waals surface area contributed by atoms with Gasteiger partial charge in [-0.05, 0) is 13.8 Å². The summed E-state index contributed by atoms with van der Waals surface area (Å²) in [6.07, 6.45) is -6.55. The number of aliphatic hydroxyl groups is 5. The van der Waals surface area contributed by atoms with Crippen LogP contribution < -0.4 is 0 Å². The topological polar surface area (TPSA) is 120 Å². The van der Waals surface area contributed by atoms with Crippen LogP contribution in [0.15, 0.2) is 0 Å². The van der Waals surface area contributed by atoms with Crippen LogP contribution in [0.2, 0.25) is 0 Å². The fraction of sp³-hybridized carbons (Fsp3) is 1.00. The summed E-state index contributed by atoms with van der Waals surface area (Å²) >= 11 is 0. The van der Waals surface area contributed by atoms with Crippen LogP contribution in [-0.2, 0) is 9.47 Å². The molecule has 1 saturated heterocycles. The van der Waals surface area contributed by atoms with E-state index in [0.717, 1.165) is 0 Å². The van der Waals surface area contributed by atoms with Crippen molar-refractivity contribution in [2.24, 2.45) is 0 Å². The first-order valence-corrected chi connectivity index (χ1v) is 5.41. The maximum Gasteiger partial charge on any atom is 0.187 e. The molecule has 1 aliphatic heterocycles. The molecule has 0 aromatic rings. The van der Waals surface area contributed by atoms with Crippen molar-refractivity contribution in [3.63, 3.8) is 0 Å². The zero-order valence-corrected chi connectivity index (χ0v) is 9.85. The highest BCUT2D eigenvalue weighted by Crippen LogP contribution is 2.25. The molecule has 0 aromatic carbocycles. The van der Waals surface area contributed by atoms with E-state index in [1.165, 1.54) is 0 Å². The molecule has 0 unspecified atom stereocenters. The first-order chi connectivity index (χ1) is 7.82. The van der Waals surface area contributed by atoms with Gasteiger partial charge in [0.15, 0.2) is 6.29 Å². The van der Waals surface area contributed by atoms with Crippen LogP contribution in [-0.4, -0.2) is 75.1 Å². The van der Waals surface area contributed by atoms with E-state index in [0.29, 0.717) is 0 Å². The lowest BCUT2D eigenvalue weighted by Crippen LogP contribution is -2.60. The summed E-state index contributed by atoms with van der Waals surface area (Å²) in [5, 5.41) is 46.7. The standard InChI is InChI=1S/C10H20O7/c1-10(2,4-12)17-9-8(15)7(14)6(13)5(3-11)16-9/h5-9,11-15H,3-4H2,1-2H3/t5-,6-,7+,8-,9+/m1/s1. The average Bonchev–Trinajstić information content (AvgIpc) is 2.30. The Labute approximate surface area is 99.2 Å². The van der Waals surface area contributed by atoms with Gasteiger partial charge in [0, 0.05) is 0 Å². The number of hydrogen-bond acceptors (Lipinski definition) is 7. The van der Waals surface area contributed by atoms with Gasteiger partial charge in [0.2, 0.25) is 0 Å². The predicted octanol–water partition coefficient (Wildman–Crippen LogP) is -2.43. The highest BCUT2D eigenvalue weighted by molar-refractivity contribution is 4.89. The lowest BCUT2D eigenvalue weighted by molar-refractivity contribution is -0.325. The minimum Gasteiger partial charge on any atom is -0.394 e. The molecule has 5 atom stereocenters. The van der Waals surface area contributed by atoms with E-state index in [-0.39, 0.29) is 6.61 Å². The normalized spacial score (nSPS) is 39.4. The minimum absolute atomic E-state index is 0.304. The number of hydrogen-bond donors (Lipinski definition) is 5. The maximum atomic E-state index is 9.66. The van der Waals surface area contributed by atoms with E-state index < -0.39 is 42.9 Å². The molecule has 0 amide bonds. The smallest absolute Gasteiger partial charge is 0.187 e. The molecule has 0 spiro atoms. The molecule has 5 N–H and O–H groups in total. The van der Waals surface area contributed by atoms with Gasteiger partial charge in [-0.2, -0.15) is 0 Å². The SMILES string of the molecule is CC(C)(CO)O[C@@H]1O[C@H](CO)[C@@H](O)[C@H](O)[C@H]1O. The summed E-state index contributed by atoms with van der Waals surface area (Å²) < 4.78 is 10.4. The van der Waals surface area contributed by atoms with E-state index in [2.05, 4.69) is 0 Å². The van der Waals surface area contributed by atoms with Crippen molar-refractivity contribution < 1.29 is 35.0 Å². The third kappa shape index (κ3) is 3.35. The largest absolute Gasteiger partial charge is 0.394 e. The van der Waals surface area contributed by atoms with Crippen molar-refractivity contribution in [3.05, 3.63) is 0 Å². The molecule has 17 heavy (non-hydrogen) atoms. The molecule has 0 radical (unpaired) electrons. The van der Waals surface area contributed by atoms with Gasteiger partial charge >= 0.3 is 0 Å². The Kier molecular flexibility index (Phi) is 4.85. The van der Waals surface area contributed by atoms with Crippen molar-refractivity contribution in [1.29, 1.82) is 0 Å². The van der Waals surface area contributed by atoms with E-state index in [1.807, 2.05) is 0 Å². The second-order valence-corrected chi connectivity index (χ2v) is 4.73. The highest BCUT2D eigenvalue weighted by atomic mass is 16.7. The molecule has 0 aliphatic carbocycles. The molecule has 1 rings (SSSR count). The molecule has 7 heteroatoms. The monoisotopic (exact) mass is 252 g/mol. The van der Waals surface area contributed by atoms with Gasteiger partial charge in [-0.25, -0.2) is 0 Å². The summed E-state index contributed by atoms with van der Waals surface area (Å²) in [7, 11) is 0. The predicted molar refractivity (Wildman–Crippen MR) is 56.0 cm³/mol. The summed E-state index contributed by atoms with van der Waals surface area (Å²) in [6.45, 7) is 2.34. The Morgan fingerprint density at radius 1 is 1.06 bits per heavy atom. The molecule has 7 nitrogen and oxygen atoms in total. The van der Waals surface area contributed by atoms with Crippen LogP contribution in [0.3, 0.4) is 0 Å². The Balaban J connectivity index is 2.72. The molecule has 0 saturated carbocycles. The zero-order valence-electron chi connectivity index (χ0n) is 9.85. The second-order valence-electron chi connectivity index (χ2n) is 4.73. The van der Waals surface area contributed by atoms with E-state index in [9.17, 15) is 15.3 Å². The Morgan fingerprint density at radius 3 is 2.12 bits per heavy atom. The van der Waals surface area contributed by atoms with Crippen LogP contribution in [0.1, 0.15) is 13.8 Å². The van der Waals surface area contributed by atoms with E-state index in [1.54, 1.807) is 13.8 Å². The molecule has 0 bridgehead atoms. The number of ether oxygens (including phenoxy) is 2. The molecule has 0 aromatic heterocycles. The van der Waals surface area contributed by atoms with Gasteiger partial charge < -0.3 is 35.0 Å². The van der Waals surface area contributed by atoms with Gasteiger partial charge in [0.1, 0.15) is 24.4 Å². The summed E-state index contributed by atoms with van der Waals surface area (Å²) in [5.74, 6) is 0. The van der Waals surface area contributed by atoms with Crippen LogP contribution in [0.5, 0.6) is 0 Å². The summed E-state index contributed by atoms with van der Waals surface area (Å²) in [5.41, 5.74) is -0.965. The van der Waals surface area contributed by atoms with Crippen LogP contribution >= 0.6 is 0 Å². The van der Waals surface area contributed by atoms with Crippen LogP contribution in [0, 0.1) is 0 Å². The van der Waals surface area contributed by atoms with Gasteiger partial charge in [-0.15, -0.1) is 0 Å². The minimum atomic E-state index is -1.47. The van der Waals surface area contributed by atoms with Crippen molar-refractivity contribution in [3.8, 4) is 0 Å². The first kappa shape index (κ1) is 14.8. The molecular weight excluding hydrogens is 232 g/mol. The van der Waals surface area contributed by atoms with Crippen molar-refractivity contribution >= 4 is 0 Å². The van der Waals surface area contributed by atoms with Crippen molar-refractivity contribution in [2.75, 3.05) is 13.2 Å². The van der Waals surface area contributed by atoms with E-state index in [4.69, 9.17) is 19.7 Å². The Bertz CT molecular complexity index is 243. The lowest BCUT2D eigenvalue weighted by atomic mass is 9.99. The molecule has 1 fully saturated rings. The fourth-order valence-electron chi connectivity index (χ4n) is 1.52. The summed E-state index contributed by atoms with van der Waals surface area (Å²) in [6, 6.07) is 0. The van der Waals surface area contributed by atoms with Gasteiger partial charge in [0.25, 0.3) is 0 Å². The fourth-order valence-corrected chi connectivity index (χ4v) is 1.52. The average molecular weight is 252 g/mol. The first-order valence-electron chi connectivity index (χ1n) is 5.41. The quantitative estimate of drug-likeness (QED) is 0.377. The zero-order chi connectivity index (χ0) is 13.2. The molecule has 1 aliphatic rings. The molecule has 102 valence electrons. The van der Waals surface area contributed by atoms with Crippen molar-refractivity contribution in [1.82, 2.24) is 0 Å². The van der Waals surface area contributed by atoms with Gasteiger partial charge in [-0.3, -0.25) is 0 Å². The summed E-state index contributed by atoms with van der Waals surface area (Å²) in [4.78, 5) is 0. The maximum absolute atomic E-state index is 9.66. The Morgan fingerprint density at radius 2 is 1.65 bits per heavy atom. The van der Waals surface area contributed by atoms with Crippen LogP contribution in [0.25, 0.3) is 0 Å². The van der Waals surface area contributed by atoms with E-state index >= 15 is 0 Å². The highest BCUT2D eigenvalue weighted by Gasteiger charge is 2.45. The molecular formula is C10H20O7. The number of rotatable bonds is 4. The molecule has 1 heterocycles. The third-order valence-corrected chi connectivity index (χ3v) is 2.66. The van der Waals surface area contributed by atoms with Crippen LogP contribution in [0.4, 0.5) is 0 Å². The second kappa shape index (κ2) is 5.57.